The van der Waals surface area contributed by atoms with Gasteiger partial charge in [-0.25, -0.2) is 4.98 Å². The van der Waals surface area contributed by atoms with Crippen LogP contribution in [0.2, 0.25) is 5.02 Å². The first-order chi connectivity index (χ1) is 6.79. The lowest BCUT2D eigenvalue weighted by Gasteiger charge is -2.23. The Morgan fingerprint density at radius 2 is 1.93 bits per heavy atom. The van der Waals surface area contributed by atoms with Gasteiger partial charge in [0.1, 0.15) is 5.82 Å². The van der Waals surface area contributed by atoms with Crippen molar-refractivity contribution in [2.45, 2.75) is 26.7 Å². The number of hydrogen-bond acceptors (Lipinski definition) is 2. The van der Waals surface area contributed by atoms with Gasteiger partial charge in [-0.15, -0.1) is 0 Å². The fourth-order valence-electron chi connectivity index (χ4n) is 1.47. The zero-order chi connectivity index (χ0) is 10.4. The van der Waals surface area contributed by atoms with Gasteiger partial charge in [-0.05, 0) is 25.0 Å². The van der Waals surface area contributed by atoms with E-state index in [4.69, 9.17) is 11.6 Å². The van der Waals surface area contributed by atoms with Gasteiger partial charge in [-0.2, -0.15) is 0 Å². The van der Waals surface area contributed by atoms with Gasteiger partial charge in [0.05, 0.1) is 5.02 Å². The Kier molecular flexibility index (Phi) is 4.74. The molecule has 0 N–H and O–H groups in total. The molecule has 1 aromatic rings. The van der Waals surface area contributed by atoms with E-state index in [9.17, 15) is 0 Å². The Morgan fingerprint density at radius 3 is 2.43 bits per heavy atom. The van der Waals surface area contributed by atoms with E-state index in [1.54, 1.807) is 6.20 Å². The van der Waals surface area contributed by atoms with E-state index in [-0.39, 0.29) is 0 Å². The predicted molar refractivity (Wildman–Crippen MR) is 62.0 cm³/mol. The molecular weight excluding hydrogens is 196 g/mol. The van der Waals surface area contributed by atoms with Gasteiger partial charge in [-0.1, -0.05) is 25.4 Å². The summed E-state index contributed by atoms with van der Waals surface area (Å²) in [5, 5.41) is 0.745. The van der Waals surface area contributed by atoms with Crippen LogP contribution in [0.3, 0.4) is 0 Å². The summed E-state index contributed by atoms with van der Waals surface area (Å²) in [6, 6.07) is 3.75. The van der Waals surface area contributed by atoms with E-state index in [0.717, 1.165) is 36.8 Å². The molecular formula is C11H17ClN2. The third-order valence-corrected chi connectivity index (χ3v) is 2.32. The van der Waals surface area contributed by atoms with Crippen LogP contribution in [0.4, 0.5) is 5.82 Å². The lowest BCUT2D eigenvalue weighted by Crippen LogP contribution is -2.26. The summed E-state index contributed by atoms with van der Waals surface area (Å²) in [4.78, 5) is 6.55. The molecule has 0 saturated carbocycles. The minimum absolute atomic E-state index is 0.745. The molecule has 0 aliphatic carbocycles. The van der Waals surface area contributed by atoms with Gasteiger partial charge in [-0.3, -0.25) is 0 Å². The maximum Gasteiger partial charge on any atom is 0.147 e. The number of halogens is 1. The van der Waals surface area contributed by atoms with Crippen molar-refractivity contribution in [2.24, 2.45) is 0 Å². The third-order valence-electron chi connectivity index (χ3n) is 2.03. The highest BCUT2D eigenvalue weighted by Crippen LogP contribution is 2.22. The topological polar surface area (TPSA) is 16.1 Å². The average Bonchev–Trinajstić information content (AvgIpc) is 2.18. The van der Waals surface area contributed by atoms with E-state index < -0.39 is 0 Å². The molecule has 78 valence electrons. The minimum atomic E-state index is 0.745. The van der Waals surface area contributed by atoms with Crippen LogP contribution in [0.5, 0.6) is 0 Å². The summed E-state index contributed by atoms with van der Waals surface area (Å²) < 4.78 is 0. The van der Waals surface area contributed by atoms with Crippen LogP contribution in [0.25, 0.3) is 0 Å². The first kappa shape index (κ1) is 11.3. The molecule has 0 saturated heterocycles. The molecule has 2 nitrogen and oxygen atoms in total. The quantitative estimate of drug-likeness (QED) is 0.744. The molecule has 0 unspecified atom stereocenters. The van der Waals surface area contributed by atoms with Crippen LogP contribution in [0, 0.1) is 0 Å². The Balaban J connectivity index is 2.81. The molecule has 0 aliphatic heterocycles. The number of aromatic nitrogens is 1. The van der Waals surface area contributed by atoms with E-state index >= 15 is 0 Å². The number of nitrogens with zero attached hydrogens (tertiary/aromatic N) is 2. The summed E-state index contributed by atoms with van der Waals surface area (Å²) in [6.45, 7) is 6.37. The van der Waals surface area contributed by atoms with Crippen LogP contribution in [0.1, 0.15) is 26.7 Å². The van der Waals surface area contributed by atoms with Gasteiger partial charge < -0.3 is 4.90 Å². The molecule has 0 spiro atoms. The Hall–Kier alpha value is -0.760. The fourth-order valence-corrected chi connectivity index (χ4v) is 1.71. The van der Waals surface area contributed by atoms with Crippen LogP contribution in [-0.2, 0) is 0 Å². The second kappa shape index (κ2) is 5.86. The lowest BCUT2D eigenvalue weighted by molar-refractivity contribution is 0.734. The highest BCUT2D eigenvalue weighted by atomic mass is 35.5. The predicted octanol–water partition coefficient (Wildman–Crippen LogP) is 3.36. The van der Waals surface area contributed by atoms with Gasteiger partial charge in [0.25, 0.3) is 0 Å². The number of rotatable bonds is 5. The molecule has 0 aromatic carbocycles. The highest BCUT2D eigenvalue weighted by molar-refractivity contribution is 6.32. The molecule has 0 fully saturated rings. The second-order valence-corrected chi connectivity index (χ2v) is 3.70. The van der Waals surface area contributed by atoms with Crippen molar-refractivity contribution in [1.82, 2.24) is 4.98 Å². The van der Waals surface area contributed by atoms with Crippen LogP contribution < -0.4 is 4.90 Å². The van der Waals surface area contributed by atoms with Crippen molar-refractivity contribution in [3.05, 3.63) is 23.4 Å². The molecule has 1 rings (SSSR count). The van der Waals surface area contributed by atoms with Gasteiger partial charge in [0.2, 0.25) is 0 Å². The number of hydrogen-bond donors (Lipinski definition) is 0. The molecule has 0 atom stereocenters. The average molecular weight is 213 g/mol. The number of anilines is 1. The standard InChI is InChI=1S/C11H17ClN2/c1-3-8-14(9-4-2)11-10(12)6-5-7-13-11/h5-7H,3-4,8-9H2,1-2H3. The van der Waals surface area contributed by atoms with E-state index in [1.807, 2.05) is 12.1 Å². The summed E-state index contributed by atoms with van der Waals surface area (Å²) in [5.74, 6) is 0.915. The van der Waals surface area contributed by atoms with Crippen molar-refractivity contribution in [3.8, 4) is 0 Å². The van der Waals surface area contributed by atoms with Crippen molar-refractivity contribution >= 4 is 17.4 Å². The van der Waals surface area contributed by atoms with E-state index in [1.165, 1.54) is 0 Å². The first-order valence-electron chi connectivity index (χ1n) is 5.15. The minimum Gasteiger partial charge on any atom is -0.355 e. The van der Waals surface area contributed by atoms with E-state index in [0.29, 0.717) is 0 Å². The zero-order valence-corrected chi connectivity index (χ0v) is 9.59. The molecule has 0 bridgehead atoms. The zero-order valence-electron chi connectivity index (χ0n) is 8.83. The van der Waals surface area contributed by atoms with Crippen LogP contribution >= 0.6 is 11.6 Å². The second-order valence-electron chi connectivity index (χ2n) is 3.30. The van der Waals surface area contributed by atoms with Crippen molar-refractivity contribution < 1.29 is 0 Å². The summed E-state index contributed by atoms with van der Waals surface area (Å²) >= 11 is 6.09. The van der Waals surface area contributed by atoms with Gasteiger partial charge in [0.15, 0.2) is 0 Å². The Morgan fingerprint density at radius 1 is 1.29 bits per heavy atom. The normalized spacial score (nSPS) is 10.2. The third kappa shape index (κ3) is 2.88. The van der Waals surface area contributed by atoms with Crippen molar-refractivity contribution in [2.75, 3.05) is 18.0 Å². The molecule has 0 radical (unpaired) electrons. The monoisotopic (exact) mass is 212 g/mol. The smallest absolute Gasteiger partial charge is 0.147 e. The van der Waals surface area contributed by atoms with Crippen LogP contribution in [0.15, 0.2) is 18.3 Å². The number of pyridine rings is 1. The molecule has 0 amide bonds. The first-order valence-corrected chi connectivity index (χ1v) is 5.52. The maximum absolute atomic E-state index is 6.09. The maximum atomic E-state index is 6.09. The summed E-state index contributed by atoms with van der Waals surface area (Å²) in [5.41, 5.74) is 0. The molecule has 14 heavy (non-hydrogen) atoms. The lowest BCUT2D eigenvalue weighted by atomic mass is 10.3. The van der Waals surface area contributed by atoms with Gasteiger partial charge >= 0.3 is 0 Å². The SMILES string of the molecule is CCCN(CCC)c1ncccc1Cl. The fraction of sp³-hybridized carbons (Fsp3) is 0.545. The molecule has 0 aliphatic rings. The molecule has 1 heterocycles. The van der Waals surface area contributed by atoms with E-state index in [2.05, 4.69) is 23.7 Å². The van der Waals surface area contributed by atoms with Crippen molar-refractivity contribution in [3.63, 3.8) is 0 Å². The largest absolute Gasteiger partial charge is 0.355 e. The highest BCUT2D eigenvalue weighted by Gasteiger charge is 2.08. The molecule has 3 heteroatoms. The summed E-state index contributed by atoms with van der Waals surface area (Å²) in [6.07, 6.45) is 4.03. The Labute approximate surface area is 90.9 Å². The van der Waals surface area contributed by atoms with Gasteiger partial charge in [0, 0.05) is 19.3 Å². The Bertz CT molecular complexity index is 270. The van der Waals surface area contributed by atoms with Crippen molar-refractivity contribution in [1.29, 1.82) is 0 Å². The van der Waals surface area contributed by atoms with Crippen LogP contribution in [-0.4, -0.2) is 18.1 Å². The molecule has 1 aromatic heterocycles. The summed E-state index contributed by atoms with van der Waals surface area (Å²) in [7, 11) is 0.